The highest BCUT2D eigenvalue weighted by atomic mass is 16.5. The molecule has 1 fully saturated rings. The molecule has 8 nitrogen and oxygen atoms in total. The summed E-state index contributed by atoms with van der Waals surface area (Å²) in [5, 5.41) is 8.71. The maximum Gasteiger partial charge on any atom is 0.164 e. The van der Waals surface area contributed by atoms with Gasteiger partial charge in [0.15, 0.2) is 11.5 Å². The Kier molecular flexibility index (Phi) is 4.53. The number of hydrogen-bond acceptors (Lipinski definition) is 7. The van der Waals surface area contributed by atoms with Crippen molar-refractivity contribution in [2.45, 2.75) is 0 Å². The fourth-order valence-electron chi connectivity index (χ4n) is 2.94. The van der Waals surface area contributed by atoms with E-state index < -0.39 is 0 Å². The molecule has 1 aliphatic heterocycles. The number of morpholine rings is 1. The minimum atomic E-state index is 0.673. The molecule has 1 saturated heterocycles. The predicted molar refractivity (Wildman–Crippen MR) is 95.3 cm³/mol. The summed E-state index contributed by atoms with van der Waals surface area (Å²) in [5.41, 5.74) is 1.75. The van der Waals surface area contributed by atoms with Gasteiger partial charge in [0.1, 0.15) is 5.82 Å². The summed E-state index contributed by atoms with van der Waals surface area (Å²) < 4.78 is 7.16. The van der Waals surface area contributed by atoms with E-state index in [-0.39, 0.29) is 0 Å². The fraction of sp³-hybridized carbons (Fsp3) is 0.412. The van der Waals surface area contributed by atoms with E-state index in [0.717, 1.165) is 61.8 Å². The van der Waals surface area contributed by atoms with Crippen molar-refractivity contribution in [3.05, 3.63) is 30.7 Å². The van der Waals surface area contributed by atoms with Gasteiger partial charge in [-0.1, -0.05) is 0 Å². The number of nitrogens with one attached hydrogen (secondary N) is 1. The van der Waals surface area contributed by atoms with Gasteiger partial charge in [0.05, 0.1) is 24.8 Å². The van der Waals surface area contributed by atoms with Crippen LogP contribution in [0.1, 0.15) is 0 Å². The summed E-state index contributed by atoms with van der Waals surface area (Å²) in [4.78, 5) is 15.8. The number of anilines is 1. The van der Waals surface area contributed by atoms with Gasteiger partial charge < -0.3 is 10.1 Å². The Bertz CT molecular complexity index is 843. The number of ether oxygens (including phenoxy) is 1. The molecule has 0 amide bonds. The van der Waals surface area contributed by atoms with Crippen molar-refractivity contribution in [1.82, 2.24) is 29.6 Å². The molecule has 0 aromatic carbocycles. The first-order valence-corrected chi connectivity index (χ1v) is 8.45. The molecule has 0 spiro atoms. The minimum absolute atomic E-state index is 0.673. The molecule has 0 saturated carbocycles. The third kappa shape index (κ3) is 3.45. The Morgan fingerprint density at radius 2 is 1.96 bits per heavy atom. The summed E-state index contributed by atoms with van der Waals surface area (Å²) in [7, 11) is 1.89. The average Bonchev–Trinajstić information content (AvgIpc) is 3.04. The second-order valence-corrected chi connectivity index (χ2v) is 6.02. The van der Waals surface area contributed by atoms with Gasteiger partial charge in [0.2, 0.25) is 0 Å². The monoisotopic (exact) mass is 339 g/mol. The molecule has 3 aromatic heterocycles. The van der Waals surface area contributed by atoms with Crippen LogP contribution in [-0.4, -0.2) is 69.0 Å². The summed E-state index contributed by atoms with van der Waals surface area (Å²) in [6, 6.07) is 3.82. The number of rotatable bonds is 5. The van der Waals surface area contributed by atoms with Crippen LogP contribution in [0.5, 0.6) is 0 Å². The second kappa shape index (κ2) is 7.12. The molecule has 0 unspecified atom stereocenters. The zero-order chi connectivity index (χ0) is 17.1. The smallest absolute Gasteiger partial charge is 0.164 e. The van der Waals surface area contributed by atoms with Crippen LogP contribution in [-0.2, 0) is 11.8 Å². The molecule has 130 valence electrons. The molecular formula is C17H21N7O. The van der Waals surface area contributed by atoms with Crippen molar-refractivity contribution in [3.63, 3.8) is 0 Å². The zero-order valence-electron chi connectivity index (χ0n) is 14.2. The lowest BCUT2D eigenvalue weighted by atomic mass is 10.2. The molecule has 4 rings (SSSR count). The predicted octanol–water partition coefficient (Wildman–Crippen LogP) is 1.17. The van der Waals surface area contributed by atoms with Crippen molar-refractivity contribution in [2.24, 2.45) is 7.05 Å². The van der Waals surface area contributed by atoms with E-state index in [1.165, 1.54) is 0 Å². The van der Waals surface area contributed by atoms with Crippen molar-refractivity contribution in [3.8, 4) is 11.4 Å². The second-order valence-electron chi connectivity index (χ2n) is 6.02. The number of nitrogens with zero attached hydrogens (tertiary/aromatic N) is 6. The first-order chi connectivity index (χ1) is 12.3. The lowest BCUT2D eigenvalue weighted by Gasteiger charge is -2.26. The quantitative estimate of drug-likeness (QED) is 0.747. The maximum atomic E-state index is 5.39. The van der Waals surface area contributed by atoms with Crippen LogP contribution in [0.15, 0.2) is 30.7 Å². The number of aryl methyl sites for hydroxylation is 1. The van der Waals surface area contributed by atoms with Gasteiger partial charge in [-0.15, -0.1) is 0 Å². The van der Waals surface area contributed by atoms with E-state index in [9.17, 15) is 0 Å². The molecule has 8 heteroatoms. The highest BCUT2D eigenvalue weighted by Gasteiger charge is 2.14. The normalized spacial score (nSPS) is 15.6. The maximum absolute atomic E-state index is 5.39. The van der Waals surface area contributed by atoms with Gasteiger partial charge in [-0.25, -0.2) is 9.97 Å². The zero-order valence-corrected chi connectivity index (χ0v) is 14.2. The molecule has 1 aliphatic rings. The van der Waals surface area contributed by atoms with Crippen LogP contribution in [0.3, 0.4) is 0 Å². The molecule has 0 atom stereocenters. The Balaban J connectivity index is 1.58. The molecule has 0 bridgehead atoms. The van der Waals surface area contributed by atoms with Crippen molar-refractivity contribution in [2.75, 3.05) is 44.7 Å². The van der Waals surface area contributed by atoms with Crippen LogP contribution in [0, 0.1) is 0 Å². The molecule has 4 heterocycles. The fourth-order valence-corrected chi connectivity index (χ4v) is 2.94. The van der Waals surface area contributed by atoms with Gasteiger partial charge in [-0.3, -0.25) is 14.6 Å². The van der Waals surface area contributed by atoms with E-state index in [2.05, 4.69) is 25.3 Å². The highest BCUT2D eigenvalue weighted by molar-refractivity contribution is 5.88. The average molecular weight is 339 g/mol. The van der Waals surface area contributed by atoms with E-state index in [1.807, 2.05) is 25.4 Å². The number of fused-ring (bicyclic) bond motifs is 1. The van der Waals surface area contributed by atoms with E-state index in [1.54, 1.807) is 17.1 Å². The van der Waals surface area contributed by atoms with Crippen LogP contribution < -0.4 is 5.32 Å². The van der Waals surface area contributed by atoms with Gasteiger partial charge >= 0.3 is 0 Å². The topological polar surface area (TPSA) is 81.0 Å². The molecule has 0 aliphatic carbocycles. The van der Waals surface area contributed by atoms with Crippen molar-refractivity contribution >= 4 is 16.9 Å². The van der Waals surface area contributed by atoms with E-state index >= 15 is 0 Å². The van der Waals surface area contributed by atoms with Crippen LogP contribution in [0.2, 0.25) is 0 Å². The first-order valence-electron chi connectivity index (χ1n) is 8.45. The SMILES string of the molecule is Cn1ncc2c(NCCN3CCOCC3)nc(-c3ccncc3)nc21. The highest BCUT2D eigenvalue weighted by Crippen LogP contribution is 2.24. The third-order valence-corrected chi connectivity index (χ3v) is 4.35. The van der Waals surface area contributed by atoms with Gasteiger partial charge in [-0.2, -0.15) is 5.10 Å². The largest absolute Gasteiger partial charge is 0.379 e. The molecule has 25 heavy (non-hydrogen) atoms. The first kappa shape index (κ1) is 15.9. The van der Waals surface area contributed by atoms with E-state index in [4.69, 9.17) is 9.72 Å². The van der Waals surface area contributed by atoms with Gasteiger partial charge in [0.25, 0.3) is 0 Å². The van der Waals surface area contributed by atoms with Gasteiger partial charge in [0, 0.05) is 51.2 Å². The lowest BCUT2D eigenvalue weighted by Crippen LogP contribution is -2.39. The van der Waals surface area contributed by atoms with Gasteiger partial charge in [-0.05, 0) is 12.1 Å². The Morgan fingerprint density at radius 1 is 1.16 bits per heavy atom. The Labute approximate surface area is 145 Å². The number of aromatic nitrogens is 5. The Morgan fingerprint density at radius 3 is 2.76 bits per heavy atom. The minimum Gasteiger partial charge on any atom is -0.379 e. The van der Waals surface area contributed by atoms with E-state index in [0.29, 0.717) is 5.82 Å². The van der Waals surface area contributed by atoms with Crippen LogP contribution in [0.25, 0.3) is 22.4 Å². The van der Waals surface area contributed by atoms with Crippen molar-refractivity contribution < 1.29 is 4.74 Å². The number of hydrogen-bond donors (Lipinski definition) is 1. The molecular weight excluding hydrogens is 318 g/mol. The number of pyridine rings is 1. The lowest BCUT2D eigenvalue weighted by molar-refractivity contribution is 0.0398. The summed E-state index contributed by atoms with van der Waals surface area (Å²) in [6.45, 7) is 5.36. The molecule has 3 aromatic rings. The molecule has 1 N–H and O–H groups in total. The molecule has 0 radical (unpaired) electrons. The van der Waals surface area contributed by atoms with Crippen LogP contribution in [0.4, 0.5) is 5.82 Å². The third-order valence-electron chi connectivity index (χ3n) is 4.35. The van der Waals surface area contributed by atoms with Crippen LogP contribution >= 0.6 is 0 Å². The Hall–Kier alpha value is -2.58. The standard InChI is InChI=1S/C17H21N7O/c1-23-17-14(12-20-23)16(19-6-7-24-8-10-25-11-9-24)21-15(22-17)13-2-4-18-5-3-13/h2-5,12H,6-11H2,1H3,(H,19,21,22). The summed E-state index contributed by atoms with van der Waals surface area (Å²) >= 11 is 0. The summed E-state index contributed by atoms with van der Waals surface area (Å²) in [5.74, 6) is 1.49. The summed E-state index contributed by atoms with van der Waals surface area (Å²) in [6.07, 6.45) is 5.30. The van der Waals surface area contributed by atoms with Crippen molar-refractivity contribution in [1.29, 1.82) is 0 Å².